The number of halogens is 6. The lowest BCUT2D eigenvalue weighted by atomic mass is 10.3. The zero-order chi connectivity index (χ0) is 14.0. The van der Waals surface area contributed by atoms with Gasteiger partial charge in [-0.3, -0.25) is 4.68 Å². The van der Waals surface area contributed by atoms with Crippen LogP contribution < -0.4 is 5.73 Å². The molecule has 0 atom stereocenters. The Morgan fingerprint density at radius 3 is 2.17 bits per heavy atom. The van der Waals surface area contributed by atoms with Gasteiger partial charge in [0, 0.05) is 6.20 Å². The fourth-order valence-electron chi connectivity index (χ4n) is 1.14. The van der Waals surface area contributed by atoms with Crippen molar-refractivity contribution in [1.29, 1.82) is 0 Å². The summed E-state index contributed by atoms with van der Waals surface area (Å²) in [5.74, 6) is 0.109. The smallest absolute Gasteiger partial charge is 0.382 e. The van der Waals surface area contributed by atoms with Crippen molar-refractivity contribution in [2.75, 3.05) is 12.3 Å². The molecule has 0 aliphatic rings. The largest absolute Gasteiger partial charge is 0.423 e. The van der Waals surface area contributed by atoms with Gasteiger partial charge in [-0.1, -0.05) is 0 Å². The molecule has 0 radical (unpaired) electrons. The highest BCUT2D eigenvalue weighted by Crippen LogP contribution is 2.35. The number of rotatable bonds is 4. The number of aromatic nitrogens is 2. The van der Waals surface area contributed by atoms with Crippen LogP contribution in [0.4, 0.5) is 32.2 Å². The van der Waals surface area contributed by atoms with Gasteiger partial charge >= 0.3 is 12.4 Å². The SMILES string of the molecule is Nc1ccn(CCOC(C(F)(F)F)C(F)(F)F)n1. The average Bonchev–Trinajstić information content (AvgIpc) is 2.54. The van der Waals surface area contributed by atoms with E-state index in [1.807, 2.05) is 0 Å². The number of anilines is 1. The molecule has 0 saturated heterocycles. The monoisotopic (exact) mass is 277 g/mol. The summed E-state index contributed by atoms with van der Waals surface area (Å²) in [7, 11) is 0. The molecule has 0 fully saturated rings. The molecule has 0 unspecified atom stereocenters. The summed E-state index contributed by atoms with van der Waals surface area (Å²) >= 11 is 0. The number of nitrogens with zero attached hydrogens (tertiary/aromatic N) is 2. The Labute approximate surface area is 97.3 Å². The van der Waals surface area contributed by atoms with Gasteiger partial charge in [0.1, 0.15) is 5.82 Å². The summed E-state index contributed by atoms with van der Waals surface area (Å²) in [5.41, 5.74) is 5.22. The van der Waals surface area contributed by atoms with E-state index in [9.17, 15) is 26.3 Å². The van der Waals surface area contributed by atoms with Crippen molar-refractivity contribution in [2.24, 2.45) is 0 Å². The van der Waals surface area contributed by atoms with Crippen molar-refractivity contribution < 1.29 is 31.1 Å². The summed E-state index contributed by atoms with van der Waals surface area (Å²) in [6.07, 6.45) is -13.5. The van der Waals surface area contributed by atoms with Gasteiger partial charge in [-0.25, -0.2) is 0 Å². The van der Waals surface area contributed by atoms with Crippen molar-refractivity contribution in [3.63, 3.8) is 0 Å². The fourth-order valence-corrected chi connectivity index (χ4v) is 1.14. The van der Waals surface area contributed by atoms with Crippen LogP contribution >= 0.6 is 0 Å². The number of alkyl halides is 6. The third-order valence-corrected chi connectivity index (χ3v) is 1.86. The van der Waals surface area contributed by atoms with Gasteiger partial charge in [0.2, 0.25) is 6.10 Å². The van der Waals surface area contributed by atoms with Crippen LogP contribution in [0.5, 0.6) is 0 Å². The van der Waals surface area contributed by atoms with Crippen LogP contribution in [0.2, 0.25) is 0 Å². The second-order valence-corrected chi connectivity index (χ2v) is 3.34. The Morgan fingerprint density at radius 1 is 1.22 bits per heavy atom. The molecule has 4 nitrogen and oxygen atoms in total. The van der Waals surface area contributed by atoms with Crippen LogP contribution in [0.3, 0.4) is 0 Å². The molecule has 1 heterocycles. The Bertz CT molecular complexity index is 371. The van der Waals surface area contributed by atoms with Crippen LogP contribution in [0.15, 0.2) is 12.3 Å². The summed E-state index contributed by atoms with van der Waals surface area (Å²) in [5, 5.41) is 3.58. The standard InChI is InChI=1S/C8H9F6N3O/c9-7(10,11)6(8(12,13)14)18-4-3-17-2-1-5(15)16-17/h1-2,6H,3-4H2,(H2,15,16). The van der Waals surface area contributed by atoms with Crippen LogP contribution in [0.25, 0.3) is 0 Å². The fraction of sp³-hybridized carbons (Fsp3) is 0.625. The lowest BCUT2D eigenvalue weighted by molar-refractivity contribution is -0.322. The Kier molecular flexibility index (Phi) is 4.09. The van der Waals surface area contributed by atoms with E-state index >= 15 is 0 Å². The van der Waals surface area contributed by atoms with E-state index in [4.69, 9.17) is 5.73 Å². The van der Waals surface area contributed by atoms with E-state index < -0.39 is 25.1 Å². The van der Waals surface area contributed by atoms with Crippen molar-refractivity contribution in [3.8, 4) is 0 Å². The molecule has 0 bridgehead atoms. The predicted octanol–water partition coefficient (Wildman–Crippen LogP) is 1.98. The predicted molar refractivity (Wildman–Crippen MR) is 48.5 cm³/mol. The molecule has 1 aromatic heterocycles. The van der Waals surface area contributed by atoms with E-state index in [2.05, 4.69) is 9.84 Å². The second-order valence-electron chi connectivity index (χ2n) is 3.34. The van der Waals surface area contributed by atoms with Crippen molar-refractivity contribution in [3.05, 3.63) is 12.3 Å². The van der Waals surface area contributed by atoms with Crippen molar-refractivity contribution >= 4 is 5.82 Å². The molecule has 0 saturated carbocycles. The summed E-state index contributed by atoms with van der Waals surface area (Å²) < 4.78 is 77.3. The van der Waals surface area contributed by atoms with Crippen LogP contribution in [0, 0.1) is 0 Å². The molecular weight excluding hydrogens is 268 g/mol. The zero-order valence-corrected chi connectivity index (χ0v) is 8.79. The maximum Gasteiger partial charge on any atom is 0.423 e. The minimum atomic E-state index is -5.50. The summed E-state index contributed by atoms with van der Waals surface area (Å²) in [6, 6.07) is 1.35. The third-order valence-electron chi connectivity index (χ3n) is 1.86. The number of nitrogens with two attached hydrogens (primary N) is 1. The lowest BCUT2D eigenvalue weighted by Gasteiger charge is -2.22. The molecule has 0 amide bonds. The second kappa shape index (κ2) is 5.04. The Hall–Kier alpha value is -1.45. The summed E-state index contributed by atoms with van der Waals surface area (Å²) in [6.45, 7) is -1.05. The highest BCUT2D eigenvalue weighted by atomic mass is 19.4. The first-order valence-corrected chi connectivity index (χ1v) is 4.64. The van der Waals surface area contributed by atoms with Crippen LogP contribution in [-0.4, -0.2) is 34.8 Å². The van der Waals surface area contributed by atoms with Crippen LogP contribution in [-0.2, 0) is 11.3 Å². The molecule has 10 heteroatoms. The molecule has 18 heavy (non-hydrogen) atoms. The molecule has 0 spiro atoms. The minimum Gasteiger partial charge on any atom is -0.382 e. The minimum absolute atomic E-state index is 0.109. The van der Waals surface area contributed by atoms with Gasteiger partial charge in [0.15, 0.2) is 0 Å². The first kappa shape index (κ1) is 14.6. The van der Waals surface area contributed by atoms with E-state index in [0.29, 0.717) is 0 Å². The third kappa shape index (κ3) is 4.09. The molecule has 2 N–H and O–H groups in total. The zero-order valence-electron chi connectivity index (χ0n) is 8.79. The van der Waals surface area contributed by atoms with Crippen LogP contribution in [0.1, 0.15) is 0 Å². The summed E-state index contributed by atoms with van der Waals surface area (Å²) in [4.78, 5) is 0. The molecule has 104 valence electrons. The first-order valence-electron chi connectivity index (χ1n) is 4.64. The molecule has 0 aliphatic heterocycles. The maximum absolute atomic E-state index is 12.1. The molecule has 0 aliphatic carbocycles. The molecule has 1 aromatic rings. The number of hydrogen-bond donors (Lipinski definition) is 1. The van der Waals surface area contributed by atoms with E-state index in [1.165, 1.54) is 12.3 Å². The van der Waals surface area contributed by atoms with E-state index in [0.717, 1.165) is 4.68 Å². The number of nitrogen functional groups attached to an aromatic ring is 1. The molecule has 1 rings (SSSR count). The molecule has 0 aromatic carbocycles. The van der Waals surface area contributed by atoms with Gasteiger partial charge in [0.05, 0.1) is 13.2 Å². The maximum atomic E-state index is 12.1. The van der Waals surface area contributed by atoms with Gasteiger partial charge in [-0.15, -0.1) is 0 Å². The number of hydrogen-bond acceptors (Lipinski definition) is 3. The molecular formula is C8H9F6N3O. The van der Waals surface area contributed by atoms with Crippen molar-refractivity contribution in [1.82, 2.24) is 9.78 Å². The van der Waals surface area contributed by atoms with E-state index in [1.54, 1.807) is 0 Å². The topological polar surface area (TPSA) is 53.1 Å². The Balaban J connectivity index is 2.53. The van der Waals surface area contributed by atoms with E-state index in [-0.39, 0.29) is 12.4 Å². The highest BCUT2D eigenvalue weighted by molar-refractivity contribution is 5.23. The van der Waals surface area contributed by atoms with Gasteiger partial charge < -0.3 is 10.5 Å². The number of ether oxygens (including phenoxy) is 1. The van der Waals surface area contributed by atoms with Gasteiger partial charge in [-0.2, -0.15) is 31.4 Å². The Morgan fingerprint density at radius 2 is 1.78 bits per heavy atom. The van der Waals surface area contributed by atoms with Crippen molar-refractivity contribution in [2.45, 2.75) is 25.0 Å². The van der Waals surface area contributed by atoms with Gasteiger partial charge in [0.25, 0.3) is 0 Å². The highest BCUT2D eigenvalue weighted by Gasteiger charge is 2.57. The average molecular weight is 277 g/mol. The quantitative estimate of drug-likeness (QED) is 0.856. The van der Waals surface area contributed by atoms with Gasteiger partial charge in [-0.05, 0) is 6.07 Å². The lowest BCUT2D eigenvalue weighted by Crippen LogP contribution is -2.44. The normalized spacial score (nSPS) is 13.3. The first-order chi connectivity index (χ1) is 8.10.